The molecule has 0 aromatic carbocycles. The Balaban J connectivity index is 3.67. The average molecular weight is 872 g/mol. The molecule has 0 aliphatic rings. The highest BCUT2D eigenvalue weighted by atomic mass is 16.3. The Kier molecular flexibility index (Phi) is 50.9. The topological polar surface area (TPSA) is 69.6 Å². The Morgan fingerprint density at radius 3 is 1.11 bits per heavy atom. The van der Waals surface area contributed by atoms with E-state index in [-0.39, 0.29) is 12.5 Å². The van der Waals surface area contributed by atoms with Crippen LogP contribution in [-0.4, -0.2) is 34.9 Å². The summed E-state index contributed by atoms with van der Waals surface area (Å²) in [6, 6.07) is -0.663. The smallest absolute Gasteiger partial charge is 0.220 e. The molecule has 0 aromatic rings. The molecule has 0 saturated carbocycles. The van der Waals surface area contributed by atoms with Gasteiger partial charge < -0.3 is 15.5 Å². The molecule has 0 aliphatic carbocycles. The minimum absolute atomic E-state index is 0.0962. The zero-order valence-electron chi connectivity index (χ0n) is 41.3. The number of aliphatic hydroxyl groups is 2. The summed E-state index contributed by atoms with van der Waals surface area (Å²) in [6.07, 6.45) is 80.9. The summed E-state index contributed by atoms with van der Waals surface area (Å²) >= 11 is 0. The summed E-state index contributed by atoms with van der Waals surface area (Å²) in [6.45, 7) is 4.18. The van der Waals surface area contributed by atoms with Gasteiger partial charge in [0.2, 0.25) is 5.91 Å². The van der Waals surface area contributed by atoms with Crippen LogP contribution in [0.2, 0.25) is 0 Å². The lowest BCUT2D eigenvalue weighted by molar-refractivity contribution is -0.123. The Labute approximate surface area is 391 Å². The van der Waals surface area contributed by atoms with Crippen LogP contribution in [0.3, 0.4) is 0 Å². The van der Waals surface area contributed by atoms with E-state index in [9.17, 15) is 15.0 Å². The van der Waals surface area contributed by atoms with Crippen LogP contribution in [0, 0.1) is 0 Å². The first-order chi connectivity index (χ1) is 31.2. The van der Waals surface area contributed by atoms with Gasteiger partial charge in [0.25, 0.3) is 0 Å². The van der Waals surface area contributed by atoms with Gasteiger partial charge in [0, 0.05) is 6.42 Å². The number of carbonyl (C=O) groups is 1. The quantitative estimate of drug-likeness (QED) is 0.0421. The standard InChI is InChI=1S/C59H101NO3/c1-3-5-7-9-11-13-15-17-19-21-23-25-27-29-31-32-34-36-38-40-42-44-46-48-50-52-54-58(62)57(56-61)60-59(63)55-53-51-49-47-45-43-41-39-37-35-33-30-28-26-24-22-20-18-16-14-12-10-8-6-4-2/h6,8,12,14,18,20,24,26,30,33,36-39,44,46,52,54,57-58,61-62H,3-5,7,9-11,13,15-17,19,21-23,25,27-29,31-32,34-35,40-43,45,47-51,53,55-56H2,1-2H3,(H,60,63)/b8-6-,14-12-,20-18-,26-24-,33-30-,38-36+,39-37-,46-44+,54-52+. The molecule has 0 spiro atoms. The maximum Gasteiger partial charge on any atom is 0.220 e. The van der Waals surface area contributed by atoms with Gasteiger partial charge in [0.15, 0.2) is 0 Å². The lowest BCUT2D eigenvalue weighted by Gasteiger charge is -2.19. The van der Waals surface area contributed by atoms with E-state index in [1.54, 1.807) is 6.08 Å². The predicted molar refractivity (Wildman–Crippen MR) is 280 cm³/mol. The number of nitrogens with one attached hydrogen (secondary N) is 1. The molecule has 4 nitrogen and oxygen atoms in total. The molecule has 0 rings (SSSR count). The molecule has 4 heteroatoms. The average Bonchev–Trinajstić information content (AvgIpc) is 3.29. The third-order valence-corrected chi connectivity index (χ3v) is 11.5. The minimum atomic E-state index is -0.886. The molecule has 0 radical (unpaired) electrons. The number of allylic oxidation sites excluding steroid dienone is 17. The first-order valence-corrected chi connectivity index (χ1v) is 26.6. The predicted octanol–water partition coefficient (Wildman–Crippen LogP) is 17.5. The number of hydrogen-bond donors (Lipinski definition) is 3. The van der Waals surface area contributed by atoms with Crippen molar-refractivity contribution in [3.05, 3.63) is 109 Å². The maximum atomic E-state index is 12.4. The van der Waals surface area contributed by atoms with E-state index in [0.717, 1.165) is 89.9 Å². The lowest BCUT2D eigenvalue weighted by Crippen LogP contribution is -2.45. The fraction of sp³-hybridized carbons (Fsp3) is 0.678. The maximum absolute atomic E-state index is 12.4. The second-order valence-corrected chi connectivity index (χ2v) is 17.5. The van der Waals surface area contributed by atoms with Crippen molar-refractivity contribution in [2.24, 2.45) is 0 Å². The van der Waals surface area contributed by atoms with Crippen LogP contribution in [0.5, 0.6) is 0 Å². The summed E-state index contributed by atoms with van der Waals surface area (Å²) in [7, 11) is 0. The number of hydrogen-bond acceptors (Lipinski definition) is 3. The normalized spacial score (nSPS) is 13.8. The van der Waals surface area contributed by atoms with E-state index in [1.807, 2.05) is 6.08 Å². The highest BCUT2D eigenvalue weighted by molar-refractivity contribution is 5.76. The highest BCUT2D eigenvalue weighted by Gasteiger charge is 2.17. The van der Waals surface area contributed by atoms with E-state index in [1.165, 1.54) is 128 Å². The van der Waals surface area contributed by atoms with Crippen LogP contribution < -0.4 is 5.32 Å². The van der Waals surface area contributed by atoms with Crippen molar-refractivity contribution in [3.8, 4) is 0 Å². The molecule has 360 valence electrons. The SMILES string of the molecule is CC/C=C\C/C=C\C/C=C\C/C=C\C/C=C\C/C=C\CCCCCCCCC(=O)NC(CO)C(O)/C=C/CC/C=C/CC/C=C/CCCCCCCCCCCCCCCCCC. The van der Waals surface area contributed by atoms with Crippen LogP contribution >= 0.6 is 0 Å². The van der Waals surface area contributed by atoms with Crippen molar-refractivity contribution in [1.29, 1.82) is 0 Å². The number of rotatable bonds is 47. The number of amides is 1. The van der Waals surface area contributed by atoms with Gasteiger partial charge >= 0.3 is 0 Å². The first kappa shape index (κ1) is 60.1. The van der Waals surface area contributed by atoms with Crippen LogP contribution in [0.15, 0.2) is 109 Å². The van der Waals surface area contributed by atoms with Crippen molar-refractivity contribution < 1.29 is 15.0 Å². The number of carbonyl (C=O) groups excluding carboxylic acids is 1. The fourth-order valence-electron chi connectivity index (χ4n) is 7.45. The monoisotopic (exact) mass is 872 g/mol. The van der Waals surface area contributed by atoms with Gasteiger partial charge in [0.1, 0.15) is 0 Å². The van der Waals surface area contributed by atoms with Crippen LogP contribution in [0.1, 0.15) is 239 Å². The van der Waals surface area contributed by atoms with E-state index in [4.69, 9.17) is 0 Å². The second-order valence-electron chi connectivity index (χ2n) is 17.5. The third kappa shape index (κ3) is 49.9. The molecule has 0 saturated heterocycles. The van der Waals surface area contributed by atoms with E-state index < -0.39 is 12.1 Å². The summed E-state index contributed by atoms with van der Waals surface area (Å²) in [5, 5.41) is 23.1. The van der Waals surface area contributed by atoms with Gasteiger partial charge in [-0.3, -0.25) is 4.79 Å². The van der Waals surface area contributed by atoms with E-state index >= 15 is 0 Å². The van der Waals surface area contributed by atoms with Gasteiger partial charge in [0.05, 0.1) is 18.8 Å². The van der Waals surface area contributed by atoms with E-state index in [0.29, 0.717) is 6.42 Å². The highest BCUT2D eigenvalue weighted by Crippen LogP contribution is 2.15. The van der Waals surface area contributed by atoms with Crippen molar-refractivity contribution in [2.45, 2.75) is 251 Å². The summed E-state index contributed by atoms with van der Waals surface area (Å²) in [4.78, 5) is 12.4. The van der Waals surface area contributed by atoms with Crippen molar-refractivity contribution in [3.63, 3.8) is 0 Å². The molecule has 2 atom stereocenters. The summed E-state index contributed by atoms with van der Waals surface area (Å²) in [5.41, 5.74) is 0. The summed E-state index contributed by atoms with van der Waals surface area (Å²) < 4.78 is 0. The van der Waals surface area contributed by atoms with Crippen LogP contribution in [-0.2, 0) is 4.79 Å². The molecule has 0 fully saturated rings. The van der Waals surface area contributed by atoms with Crippen LogP contribution in [0.4, 0.5) is 0 Å². The molecule has 2 unspecified atom stereocenters. The largest absolute Gasteiger partial charge is 0.394 e. The Morgan fingerprint density at radius 2 is 0.714 bits per heavy atom. The van der Waals surface area contributed by atoms with Gasteiger partial charge in [-0.25, -0.2) is 0 Å². The first-order valence-electron chi connectivity index (χ1n) is 26.6. The van der Waals surface area contributed by atoms with Gasteiger partial charge in [-0.15, -0.1) is 0 Å². The number of aliphatic hydroxyl groups excluding tert-OH is 2. The second kappa shape index (κ2) is 53.4. The molecule has 0 aromatic heterocycles. The zero-order chi connectivity index (χ0) is 45.6. The molecule has 0 aliphatic heterocycles. The minimum Gasteiger partial charge on any atom is -0.394 e. The molecule has 1 amide bonds. The molecular weight excluding hydrogens is 771 g/mol. The van der Waals surface area contributed by atoms with Crippen molar-refractivity contribution >= 4 is 5.91 Å². The molecule has 63 heavy (non-hydrogen) atoms. The molecule has 0 heterocycles. The number of unbranched alkanes of at least 4 members (excludes halogenated alkanes) is 24. The van der Waals surface area contributed by atoms with E-state index in [2.05, 4.69) is 116 Å². The fourth-order valence-corrected chi connectivity index (χ4v) is 7.45. The van der Waals surface area contributed by atoms with Gasteiger partial charge in [-0.2, -0.15) is 0 Å². The van der Waals surface area contributed by atoms with Gasteiger partial charge in [-0.1, -0.05) is 245 Å². The van der Waals surface area contributed by atoms with Crippen LogP contribution in [0.25, 0.3) is 0 Å². The summed E-state index contributed by atoms with van der Waals surface area (Å²) in [5.74, 6) is -0.0962. The molecular formula is C59H101NO3. The molecule has 0 bridgehead atoms. The molecule has 3 N–H and O–H groups in total. The van der Waals surface area contributed by atoms with Crippen molar-refractivity contribution in [2.75, 3.05) is 6.61 Å². The lowest BCUT2D eigenvalue weighted by atomic mass is 10.0. The Hall–Kier alpha value is -2.95. The Bertz CT molecular complexity index is 1220. The Morgan fingerprint density at radius 1 is 0.397 bits per heavy atom. The van der Waals surface area contributed by atoms with Gasteiger partial charge in [-0.05, 0) is 96.3 Å². The van der Waals surface area contributed by atoms with Crippen molar-refractivity contribution in [1.82, 2.24) is 5.32 Å². The zero-order valence-corrected chi connectivity index (χ0v) is 41.3. The third-order valence-electron chi connectivity index (χ3n) is 11.5.